The molecule has 3 aromatic rings. The maximum atomic E-state index is 8.88. The average Bonchev–Trinajstić information content (AvgIpc) is 2.61. The van der Waals surface area contributed by atoms with E-state index in [0.29, 0.717) is 5.92 Å². The molecule has 26 heavy (non-hydrogen) atoms. The van der Waals surface area contributed by atoms with Crippen molar-refractivity contribution in [3.05, 3.63) is 84.4 Å². The lowest BCUT2D eigenvalue weighted by Crippen LogP contribution is -1.93. The number of rotatable bonds is 3. The SMILES string of the molecule is CC(C)c1ccccc1-c1ccccc1-c1ccccc1.O=P(O)(O)O. The van der Waals surface area contributed by atoms with Crippen LogP contribution in [0.5, 0.6) is 0 Å². The molecule has 4 nitrogen and oxygen atoms in total. The third-order valence-corrected chi connectivity index (χ3v) is 3.88. The number of benzene rings is 3. The lowest BCUT2D eigenvalue weighted by Gasteiger charge is -2.16. The maximum Gasteiger partial charge on any atom is 0.466 e. The van der Waals surface area contributed by atoms with Crippen molar-refractivity contribution >= 4 is 7.82 Å². The molecule has 0 radical (unpaired) electrons. The van der Waals surface area contributed by atoms with Crippen LogP contribution in [-0.2, 0) is 4.57 Å². The van der Waals surface area contributed by atoms with Crippen LogP contribution in [0.15, 0.2) is 78.9 Å². The predicted molar refractivity (Wildman–Crippen MR) is 106 cm³/mol. The fourth-order valence-electron chi connectivity index (χ4n) is 2.83. The Bertz CT molecular complexity index is 877. The van der Waals surface area contributed by atoms with Crippen molar-refractivity contribution in [3.63, 3.8) is 0 Å². The Labute approximate surface area is 154 Å². The second-order valence-electron chi connectivity index (χ2n) is 6.17. The monoisotopic (exact) mass is 370 g/mol. The van der Waals surface area contributed by atoms with Gasteiger partial charge in [0.25, 0.3) is 0 Å². The molecule has 0 aliphatic heterocycles. The first-order chi connectivity index (χ1) is 12.3. The first-order valence-corrected chi connectivity index (χ1v) is 9.86. The van der Waals surface area contributed by atoms with Gasteiger partial charge in [-0.25, -0.2) is 4.57 Å². The summed E-state index contributed by atoms with van der Waals surface area (Å²) < 4.78 is 8.88. The fraction of sp³-hybridized carbons (Fsp3) is 0.143. The smallest absolute Gasteiger partial charge is 0.303 e. The van der Waals surface area contributed by atoms with E-state index >= 15 is 0 Å². The minimum Gasteiger partial charge on any atom is -0.303 e. The second-order valence-corrected chi connectivity index (χ2v) is 7.19. The standard InChI is InChI=1S/C21H20.H3O4P/c1-16(2)18-12-6-8-14-20(18)21-15-9-7-13-19(21)17-10-4-3-5-11-17;1-5(2,3)4/h3-16H,1-2H3;(H3,1,2,3,4). The Kier molecular flexibility index (Phi) is 6.90. The molecule has 0 saturated carbocycles. The molecule has 3 rings (SSSR count). The molecular formula is C21H23O4P. The second kappa shape index (κ2) is 8.93. The maximum absolute atomic E-state index is 8.88. The van der Waals surface area contributed by atoms with E-state index in [1.165, 1.54) is 27.8 Å². The average molecular weight is 370 g/mol. The normalized spacial score (nSPS) is 11.0. The summed E-state index contributed by atoms with van der Waals surface area (Å²) in [4.78, 5) is 21.6. The largest absolute Gasteiger partial charge is 0.466 e. The summed E-state index contributed by atoms with van der Waals surface area (Å²) >= 11 is 0. The van der Waals surface area contributed by atoms with Gasteiger partial charge in [0, 0.05) is 0 Å². The van der Waals surface area contributed by atoms with Crippen molar-refractivity contribution in [2.75, 3.05) is 0 Å². The first kappa shape index (κ1) is 20.1. The molecule has 0 bridgehead atoms. The van der Waals surface area contributed by atoms with Crippen LogP contribution < -0.4 is 0 Å². The van der Waals surface area contributed by atoms with E-state index in [9.17, 15) is 0 Å². The molecule has 136 valence electrons. The van der Waals surface area contributed by atoms with E-state index < -0.39 is 7.82 Å². The molecule has 0 saturated heterocycles. The summed E-state index contributed by atoms with van der Waals surface area (Å²) in [5.41, 5.74) is 6.62. The molecule has 0 aromatic heterocycles. The van der Waals surface area contributed by atoms with Crippen molar-refractivity contribution < 1.29 is 19.2 Å². The first-order valence-electron chi connectivity index (χ1n) is 8.29. The summed E-state index contributed by atoms with van der Waals surface area (Å²) in [6.07, 6.45) is 0. The Hall–Kier alpha value is -2.23. The number of hydrogen-bond donors (Lipinski definition) is 3. The van der Waals surface area contributed by atoms with Crippen LogP contribution in [0.1, 0.15) is 25.3 Å². The van der Waals surface area contributed by atoms with E-state index in [1.54, 1.807) is 0 Å². The molecule has 0 aliphatic carbocycles. The number of hydrogen-bond acceptors (Lipinski definition) is 1. The Morgan fingerprint density at radius 3 is 1.62 bits per heavy atom. The van der Waals surface area contributed by atoms with Crippen LogP contribution in [0.3, 0.4) is 0 Å². The minimum absolute atomic E-state index is 0.519. The number of phosphoric acid groups is 1. The third-order valence-electron chi connectivity index (χ3n) is 3.88. The van der Waals surface area contributed by atoms with Gasteiger partial charge in [0.1, 0.15) is 0 Å². The third kappa shape index (κ3) is 5.94. The summed E-state index contributed by atoms with van der Waals surface area (Å²) in [6, 6.07) is 28.0. The van der Waals surface area contributed by atoms with E-state index in [-0.39, 0.29) is 0 Å². The zero-order valence-corrected chi connectivity index (χ0v) is 15.7. The van der Waals surface area contributed by atoms with Crippen LogP contribution in [0.25, 0.3) is 22.3 Å². The lowest BCUT2D eigenvalue weighted by molar-refractivity contribution is 0.275. The van der Waals surface area contributed by atoms with Crippen LogP contribution in [0.4, 0.5) is 0 Å². The molecule has 3 N–H and O–H groups in total. The Morgan fingerprint density at radius 1 is 0.654 bits per heavy atom. The van der Waals surface area contributed by atoms with Gasteiger partial charge in [-0.3, -0.25) is 0 Å². The molecule has 0 spiro atoms. The van der Waals surface area contributed by atoms with Gasteiger partial charge >= 0.3 is 7.82 Å². The van der Waals surface area contributed by atoms with Gasteiger partial charge < -0.3 is 14.7 Å². The Balaban J connectivity index is 0.000000431. The predicted octanol–water partition coefficient (Wildman–Crippen LogP) is 5.22. The summed E-state index contributed by atoms with van der Waals surface area (Å²) in [5, 5.41) is 0. The van der Waals surface area contributed by atoms with Crippen LogP contribution in [0, 0.1) is 0 Å². The molecule has 0 heterocycles. The molecule has 0 fully saturated rings. The summed E-state index contributed by atoms with van der Waals surface area (Å²) in [7, 11) is -4.64. The van der Waals surface area contributed by atoms with Crippen LogP contribution in [0.2, 0.25) is 0 Å². The highest BCUT2D eigenvalue weighted by molar-refractivity contribution is 7.45. The van der Waals surface area contributed by atoms with Crippen molar-refractivity contribution in [1.29, 1.82) is 0 Å². The van der Waals surface area contributed by atoms with E-state index in [1.807, 2.05) is 0 Å². The zero-order chi connectivity index (χ0) is 19.2. The molecule has 0 atom stereocenters. The van der Waals surface area contributed by atoms with E-state index in [2.05, 4.69) is 92.7 Å². The molecule has 3 aromatic carbocycles. The zero-order valence-electron chi connectivity index (χ0n) is 14.8. The van der Waals surface area contributed by atoms with Gasteiger partial charge in [-0.1, -0.05) is 92.7 Å². The van der Waals surface area contributed by atoms with Gasteiger partial charge in [0.15, 0.2) is 0 Å². The van der Waals surface area contributed by atoms with E-state index in [4.69, 9.17) is 19.2 Å². The van der Waals surface area contributed by atoms with Crippen molar-refractivity contribution in [1.82, 2.24) is 0 Å². The van der Waals surface area contributed by atoms with Crippen molar-refractivity contribution in [2.45, 2.75) is 19.8 Å². The lowest BCUT2D eigenvalue weighted by atomic mass is 9.88. The molecule has 5 heteroatoms. The topological polar surface area (TPSA) is 77.8 Å². The summed E-state index contributed by atoms with van der Waals surface area (Å²) in [6.45, 7) is 4.51. The highest BCUT2D eigenvalue weighted by atomic mass is 31.2. The quantitative estimate of drug-likeness (QED) is 0.553. The Morgan fingerprint density at radius 2 is 1.08 bits per heavy atom. The van der Waals surface area contributed by atoms with Gasteiger partial charge in [-0.15, -0.1) is 0 Å². The van der Waals surface area contributed by atoms with Gasteiger partial charge in [0.2, 0.25) is 0 Å². The van der Waals surface area contributed by atoms with Crippen molar-refractivity contribution in [3.8, 4) is 22.3 Å². The molecule has 0 unspecified atom stereocenters. The van der Waals surface area contributed by atoms with Gasteiger partial charge in [-0.05, 0) is 33.7 Å². The molecule has 0 amide bonds. The minimum atomic E-state index is -4.64. The highest BCUT2D eigenvalue weighted by Gasteiger charge is 2.11. The fourth-order valence-corrected chi connectivity index (χ4v) is 2.83. The van der Waals surface area contributed by atoms with Crippen LogP contribution >= 0.6 is 7.82 Å². The summed E-state index contributed by atoms with van der Waals surface area (Å²) in [5.74, 6) is 0.519. The van der Waals surface area contributed by atoms with Gasteiger partial charge in [0.05, 0.1) is 0 Å². The van der Waals surface area contributed by atoms with E-state index in [0.717, 1.165) is 0 Å². The molecule has 0 aliphatic rings. The highest BCUT2D eigenvalue weighted by Crippen LogP contribution is 2.36. The van der Waals surface area contributed by atoms with Crippen LogP contribution in [-0.4, -0.2) is 14.7 Å². The van der Waals surface area contributed by atoms with Crippen molar-refractivity contribution in [2.24, 2.45) is 0 Å². The van der Waals surface area contributed by atoms with Gasteiger partial charge in [-0.2, -0.15) is 0 Å². The molecular weight excluding hydrogens is 347 g/mol.